The SMILES string of the molecule is C=CCNC(=S)Cc1ccc2ccccc2n1. The van der Waals surface area contributed by atoms with Gasteiger partial charge in [0.15, 0.2) is 0 Å². The number of para-hydroxylation sites is 1. The van der Waals surface area contributed by atoms with E-state index < -0.39 is 0 Å². The first-order valence-corrected chi connectivity index (χ1v) is 5.92. The molecule has 17 heavy (non-hydrogen) atoms. The summed E-state index contributed by atoms with van der Waals surface area (Å²) in [5.74, 6) is 0. The lowest BCUT2D eigenvalue weighted by Crippen LogP contribution is -2.23. The topological polar surface area (TPSA) is 24.9 Å². The second kappa shape index (κ2) is 5.55. The van der Waals surface area contributed by atoms with Crippen LogP contribution >= 0.6 is 12.2 Å². The molecule has 0 amide bonds. The summed E-state index contributed by atoms with van der Waals surface area (Å²) in [5, 5.41) is 4.26. The van der Waals surface area contributed by atoms with Crippen LogP contribution in [0.4, 0.5) is 0 Å². The van der Waals surface area contributed by atoms with Gasteiger partial charge >= 0.3 is 0 Å². The van der Waals surface area contributed by atoms with Crippen molar-refractivity contribution in [2.45, 2.75) is 6.42 Å². The molecule has 0 unspecified atom stereocenters. The van der Waals surface area contributed by atoms with Crippen molar-refractivity contribution in [3.05, 3.63) is 54.7 Å². The molecule has 0 atom stereocenters. The second-order valence-corrected chi connectivity index (χ2v) is 4.26. The summed E-state index contributed by atoms with van der Waals surface area (Å²) in [6, 6.07) is 12.2. The summed E-state index contributed by atoms with van der Waals surface area (Å²) in [6.07, 6.45) is 2.47. The third-order valence-electron chi connectivity index (χ3n) is 2.44. The highest BCUT2D eigenvalue weighted by atomic mass is 32.1. The standard InChI is InChI=1S/C14H14N2S/c1-2-9-15-14(17)10-12-8-7-11-5-3-4-6-13(11)16-12/h2-8H,1,9-10H2,(H,15,17). The maximum atomic E-state index is 5.23. The number of aromatic nitrogens is 1. The van der Waals surface area contributed by atoms with E-state index >= 15 is 0 Å². The molecule has 2 aromatic rings. The fraction of sp³-hybridized carbons (Fsp3) is 0.143. The molecule has 0 aliphatic heterocycles. The Bertz CT molecular complexity index is 549. The van der Waals surface area contributed by atoms with Gasteiger partial charge in [0.1, 0.15) is 0 Å². The second-order valence-electron chi connectivity index (χ2n) is 3.76. The Morgan fingerprint density at radius 3 is 2.94 bits per heavy atom. The summed E-state index contributed by atoms with van der Waals surface area (Å²) in [4.78, 5) is 5.37. The van der Waals surface area contributed by atoms with Crippen molar-refractivity contribution in [3.8, 4) is 0 Å². The van der Waals surface area contributed by atoms with Crippen LogP contribution in [-0.2, 0) is 6.42 Å². The van der Waals surface area contributed by atoms with Crippen molar-refractivity contribution in [1.29, 1.82) is 0 Å². The average molecular weight is 242 g/mol. The summed E-state index contributed by atoms with van der Waals surface area (Å²) in [7, 11) is 0. The molecule has 2 nitrogen and oxygen atoms in total. The van der Waals surface area contributed by atoms with Gasteiger partial charge in [-0.25, -0.2) is 0 Å². The van der Waals surface area contributed by atoms with Crippen molar-refractivity contribution >= 4 is 28.1 Å². The molecule has 1 aromatic heterocycles. The van der Waals surface area contributed by atoms with Crippen molar-refractivity contribution in [2.75, 3.05) is 6.54 Å². The third kappa shape index (κ3) is 3.11. The van der Waals surface area contributed by atoms with E-state index in [9.17, 15) is 0 Å². The zero-order chi connectivity index (χ0) is 12.1. The molecule has 0 saturated carbocycles. The highest BCUT2D eigenvalue weighted by Crippen LogP contribution is 2.12. The van der Waals surface area contributed by atoms with Crippen LogP contribution in [0.2, 0.25) is 0 Å². The molecule has 1 heterocycles. The summed E-state index contributed by atoms with van der Waals surface area (Å²) < 4.78 is 0. The fourth-order valence-corrected chi connectivity index (χ4v) is 1.85. The number of hydrogen-bond acceptors (Lipinski definition) is 2. The van der Waals surface area contributed by atoms with Crippen LogP contribution < -0.4 is 5.32 Å². The van der Waals surface area contributed by atoms with Crippen molar-refractivity contribution in [1.82, 2.24) is 10.3 Å². The van der Waals surface area contributed by atoms with Gasteiger partial charge < -0.3 is 5.32 Å². The number of pyridine rings is 1. The van der Waals surface area contributed by atoms with Crippen LogP contribution in [0, 0.1) is 0 Å². The van der Waals surface area contributed by atoms with Gasteiger partial charge in [-0.2, -0.15) is 0 Å². The van der Waals surface area contributed by atoms with E-state index in [-0.39, 0.29) is 0 Å². The zero-order valence-corrected chi connectivity index (χ0v) is 10.3. The summed E-state index contributed by atoms with van der Waals surface area (Å²) in [6.45, 7) is 4.34. The Hall–Kier alpha value is -1.74. The Morgan fingerprint density at radius 1 is 1.29 bits per heavy atom. The summed E-state index contributed by atoms with van der Waals surface area (Å²) >= 11 is 5.23. The first kappa shape index (κ1) is 11.7. The van der Waals surface area contributed by atoms with Crippen LogP contribution in [0.15, 0.2) is 49.1 Å². The number of hydrogen-bond donors (Lipinski definition) is 1. The Morgan fingerprint density at radius 2 is 2.12 bits per heavy atom. The van der Waals surface area contributed by atoms with Crippen LogP contribution in [-0.4, -0.2) is 16.5 Å². The normalized spacial score (nSPS) is 10.1. The Balaban J connectivity index is 2.13. The molecule has 2 rings (SSSR count). The lowest BCUT2D eigenvalue weighted by atomic mass is 10.2. The van der Waals surface area contributed by atoms with Gasteiger partial charge in [0.2, 0.25) is 0 Å². The Labute approximate surface area is 106 Å². The number of thiocarbonyl (C=S) groups is 1. The quantitative estimate of drug-likeness (QED) is 0.659. The van der Waals surface area contributed by atoms with Gasteiger partial charge in [0.25, 0.3) is 0 Å². The maximum Gasteiger partial charge on any atom is 0.0816 e. The average Bonchev–Trinajstić information content (AvgIpc) is 2.36. The van der Waals surface area contributed by atoms with E-state index in [0.717, 1.165) is 21.6 Å². The molecule has 0 radical (unpaired) electrons. The van der Waals surface area contributed by atoms with Crippen molar-refractivity contribution < 1.29 is 0 Å². The van der Waals surface area contributed by atoms with E-state index in [4.69, 9.17) is 12.2 Å². The van der Waals surface area contributed by atoms with Gasteiger partial charge in [0, 0.05) is 24.0 Å². The van der Waals surface area contributed by atoms with Gasteiger partial charge in [-0.3, -0.25) is 4.98 Å². The summed E-state index contributed by atoms with van der Waals surface area (Å²) in [5.41, 5.74) is 2.00. The van der Waals surface area contributed by atoms with Gasteiger partial charge in [-0.05, 0) is 12.1 Å². The van der Waals surface area contributed by atoms with Gasteiger partial charge in [0.05, 0.1) is 10.5 Å². The van der Waals surface area contributed by atoms with Crippen LogP contribution in [0.1, 0.15) is 5.69 Å². The maximum absolute atomic E-state index is 5.23. The molecule has 0 spiro atoms. The van der Waals surface area contributed by atoms with E-state index in [2.05, 4.69) is 29.0 Å². The number of fused-ring (bicyclic) bond motifs is 1. The third-order valence-corrected chi connectivity index (χ3v) is 2.73. The minimum atomic E-state index is 0.675. The molecule has 0 saturated heterocycles. The first-order chi connectivity index (χ1) is 8.29. The molecule has 86 valence electrons. The van der Waals surface area contributed by atoms with E-state index in [0.29, 0.717) is 13.0 Å². The van der Waals surface area contributed by atoms with Crippen LogP contribution in [0.3, 0.4) is 0 Å². The minimum Gasteiger partial charge on any atom is -0.376 e. The molecule has 0 aliphatic carbocycles. The van der Waals surface area contributed by atoms with E-state index in [1.165, 1.54) is 0 Å². The molecule has 1 aromatic carbocycles. The largest absolute Gasteiger partial charge is 0.376 e. The number of rotatable bonds is 4. The molecule has 0 aliphatic rings. The Kier molecular flexibility index (Phi) is 3.83. The van der Waals surface area contributed by atoms with Crippen LogP contribution in [0.25, 0.3) is 10.9 Å². The minimum absolute atomic E-state index is 0.675. The van der Waals surface area contributed by atoms with E-state index in [1.54, 1.807) is 6.08 Å². The molecule has 0 bridgehead atoms. The highest BCUT2D eigenvalue weighted by Gasteiger charge is 2.01. The molecule has 3 heteroatoms. The first-order valence-electron chi connectivity index (χ1n) is 5.52. The molecule has 0 fully saturated rings. The monoisotopic (exact) mass is 242 g/mol. The van der Waals surface area contributed by atoms with Crippen molar-refractivity contribution in [2.24, 2.45) is 0 Å². The fourth-order valence-electron chi connectivity index (χ4n) is 1.62. The lowest BCUT2D eigenvalue weighted by molar-refractivity contribution is 1.02. The van der Waals surface area contributed by atoms with Gasteiger partial charge in [-0.1, -0.05) is 42.6 Å². The molecular weight excluding hydrogens is 228 g/mol. The highest BCUT2D eigenvalue weighted by molar-refractivity contribution is 7.80. The zero-order valence-electron chi connectivity index (χ0n) is 9.52. The smallest absolute Gasteiger partial charge is 0.0816 e. The predicted molar refractivity (Wildman–Crippen MR) is 76.2 cm³/mol. The lowest BCUT2D eigenvalue weighted by Gasteiger charge is -2.06. The molecular formula is C14H14N2S. The number of benzene rings is 1. The van der Waals surface area contributed by atoms with E-state index in [1.807, 2.05) is 24.3 Å². The van der Waals surface area contributed by atoms with Crippen LogP contribution in [0.5, 0.6) is 0 Å². The number of nitrogens with one attached hydrogen (secondary N) is 1. The van der Waals surface area contributed by atoms with Gasteiger partial charge in [-0.15, -0.1) is 6.58 Å². The molecule has 1 N–H and O–H groups in total. The predicted octanol–water partition coefficient (Wildman–Crippen LogP) is 2.88. The van der Waals surface area contributed by atoms with Crippen molar-refractivity contribution in [3.63, 3.8) is 0 Å². The number of nitrogens with zero attached hydrogens (tertiary/aromatic N) is 1.